The lowest BCUT2D eigenvalue weighted by Gasteiger charge is -2.43. The standard InChI is InChI=1S/C21H26N2O3/c1-15-5-7-19(8-6-15)26-14-18(24)13-22-10-16-9-17(12-22)20-3-2-4-21(25)23(20)11-16/h2-8,16-18,24H,9-14H2,1H3. The first-order valence-electron chi connectivity index (χ1n) is 9.38. The Labute approximate surface area is 153 Å². The minimum absolute atomic E-state index is 0.109. The molecule has 138 valence electrons. The van der Waals surface area contributed by atoms with Gasteiger partial charge in [0, 0.05) is 43.9 Å². The van der Waals surface area contributed by atoms with Gasteiger partial charge < -0.3 is 14.4 Å². The predicted octanol–water partition coefficient (Wildman–Crippen LogP) is 2.02. The quantitative estimate of drug-likeness (QED) is 0.893. The molecule has 3 heterocycles. The summed E-state index contributed by atoms with van der Waals surface area (Å²) in [4.78, 5) is 14.4. The summed E-state index contributed by atoms with van der Waals surface area (Å²) in [5.74, 6) is 1.65. The number of pyridine rings is 1. The molecule has 1 saturated heterocycles. The van der Waals surface area contributed by atoms with E-state index < -0.39 is 6.10 Å². The average molecular weight is 354 g/mol. The van der Waals surface area contributed by atoms with E-state index in [-0.39, 0.29) is 5.56 Å². The molecule has 4 rings (SSSR count). The van der Waals surface area contributed by atoms with E-state index in [1.165, 1.54) is 5.56 Å². The van der Waals surface area contributed by atoms with Crippen LogP contribution >= 0.6 is 0 Å². The second-order valence-corrected chi connectivity index (χ2v) is 7.69. The Hall–Kier alpha value is -2.11. The fourth-order valence-electron chi connectivity index (χ4n) is 4.32. The molecule has 3 atom stereocenters. The predicted molar refractivity (Wildman–Crippen MR) is 101 cm³/mol. The zero-order chi connectivity index (χ0) is 18.1. The van der Waals surface area contributed by atoms with Crippen LogP contribution in [-0.4, -0.2) is 46.9 Å². The molecule has 5 heteroatoms. The highest BCUT2D eigenvalue weighted by molar-refractivity contribution is 5.26. The maximum absolute atomic E-state index is 12.1. The van der Waals surface area contributed by atoms with Gasteiger partial charge in [-0.05, 0) is 37.5 Å². The SMILES string of the molecule is Cc1ccc(OCC(O)CN2CC3CC(C2)c2cccc(=O)n2C3)cc1. The van der Waals surface area contributed by atoms with Crippen molar-refractivity contribution >= 4 is 0 Å². The van der Waals surface area contributed by atoms with Crippen molar-refractivity contribution in [3.63, 3.8) is 0 Å². The van der Waals surface area contributed by atoms with Gasteiger partial charge in [-0.15, -0.1) is 0 Å². The molecule has 0 amide bonds. The van der Waals surface area contributed by atoms with Crippen LogP contribution in [-0.2, 0) is 6.54 Å². The molecular weight excluding hydrogens is 328 g/mol. The van der Waals surface area contributed by atoms with Gasteiger partial charge in [-0.3, -0.25) is 9.69 Å². The summed E-state index contributed by atoms with van der Waals surface area (Å²) in [5, 5.41) is 10.4. The first-order valence-corrected chi connectivity index (χ1v) is 9.38. The monoisotopic (exact) mass is 354 g/mol. The molecule has 26 heavy (non-hydrogen) atoms. The number of rotatable bonds is 5. The molecule has 5 nitrogen and oxygen atoms in total. The first-order chi connectivity index (χ1) is 12.6. The van der Waals surface area contributed by atoms with E-state index in [4.69, 9.17) is 4.74 Å². The Morgan fingerprint density at radius 1 is 1.15 bits per heavy atom. The van der Waals surface area contributed by atoms with Crippen molar-refractivity contribution in [1.29, 1.82) is 0 Å². The third-order valence-electron chi connectivity index (χ3n) is 5.49. The number of hydrogen-bond donors (Lipinski definition) is 1. The number of aliphatic hydroxyl groups excluding tert-OH is 1. The molecular formula is C21H26N2O3. The normalized spacial score (nSPS) is 23.3. The Morgan fingerprint density at radius 3 is 2.77 bits per heavy atom. The lowest BCUT2D eigenvalue weighted by molar-refractivity contribution is 0.0384. The van der Waals surface area contributed by atoms with E-state index in [1.807, 2.05) is 41.8 Å². The van der Waals surface area contributed by atoms with Gasteiger partial charge in [0.25, 0.3) is 5.56 Å². The summed E-state index contributed by atoms with van der Waals surface area (Å²) < 4.78 is 7.65. The smallest absolute Gasteiger partial charge is 0.250 e. The molecule has 2 aliphatic heterocycles. The number of ether oxygens (including phenoxy) is 1. The summed E-state index contributed by atoms with van der Waals surface area (Å²) >= 11 is 0. The average Bonchev–Trinajstić information content (AvgIpc) is 2.62. The minimum Gasteiger partial charge on any atom is -0.491 e. The maximum atomic E-state index is 12.1. The lowest BCUT2D eigenvalue weighted by Crippen LogP contribution is -2.49. The van der Waals surface area contributed by atoms with Gasteiger partial charge in [-0.2, -0.15) is 0 Å². The molecule has 2 aromatic rings. The van der Waals surface area contributed by atoms with Crippen LogP contribution in [0.4, 0.5) is 0 Å². The Bertz CT molecular complexity index is 815. The third kappa shape index (κ3) is 3.69. The first kappa shape index (κ1) is 17.3. The van der Waals surface area contributed by atoms with Crippen LogP contribution < -0.4 is 10.3 Å². The summed E-state index contributed by atoms with van der Waals surface area (Å²) in [5.41, 5.74) is 2.44. The fraction of sp³-hybridized carbons (Fsp3) is 0.476. The van der Waals surface area contributed by atoms with Crippen molar-refractivity contribution in [2.24, 2.45) is 5.92 Å². The number of piperidine rings is 1. The molecule has 0 saturated carbocycles. The number of aryl methyl sites for hydroxylation is 1. The van der Waals surface area contributed by atoms with Crippen molar-refractivity contribution < 1.29 is 9.84 Å². The van der Waals surface area contributed by atoms with Gasteiger partial charge in [0.05, 0.1) is 0 Å². The second kappa shape index (κ2) is 7.25. The van der Waals surface area contributed by atoms with Gasteiger partial charge in [0.1, 0.15) is 18.5 Å². The topological polar surface area (TPSA) is 54.7 Å². The van der Waals surface area contributed by atoms with Crippen molar-refractivity contribution in [3.05, 3.63) is 64.1 Å². The molecule has 1 fully saturated rings. The van der Waals surface area contributed by atoms with Crippen LogP contribution in [0.2, 0.25) is 0 Å². The van der Waals surface area contributed by atoms with E-state index in [1.54, 1.807) is 6.07 Å². The molecule has 3 unspecified atom stereocenters. The number of hydrogen-bond acceptors (Lipinski definition) is 4. The highest BCUT2D eigenvalue weighted by Gasteiger charge is 2.34. The number of fused-ring (bicyclic) bond motifs is 4. The zero-order valence-corrected chi connectivity index (χ0v) is 15.2. The Kier molecular flexibility index (Phi) is 4.83. The van der Waals surface area contributed by atoms with Gasteiger partial charge in [0.15, 0.2) is 0 Å². The summed E-state index contributed by atoms with van der Waals surface area (Å²) in [7, 11) is 0. The van der Waals surface area contributed by atoms with Crippen molar-refractivity contribution in [2.45, 2.75) is 31.9 Å². The summed E-state index contributed by atoms with van der Waals surface area (Å²) in [6.07, 6.45) is 0.615. The largest absolute Gasteiger partial charge is 0.491 e. The fourth-order valence-corrected chi connectivity index (χ4v) is 4.32. The van der Waals surface area contributed by atoms with Crippen LogP contribution in [0.3, 0.4) is 0 Å². The van der Waals surface area contributed by atoms with Gasteiger partial charge >= 0.3 is 0 Å². The molecule has 1 aromatic carbocycles. The van der Waals surface area contributed by atoms with Gasteiger partial charge in [-0.1, -0.05) is 23.8 Å². The molecule has 0 aliphatic carbocycles. The molecule has 2 aliphatic rings. The number of benzene rings is 1. The van der Waals surface area contributed by atoms with Crippen molar-refractivity contribution in [3.8, 4) is 5.75 Å². The number of aliphatic hydroxyl groups is 1. The summed E-state index contributed by atoms with van der Waals surface area (Å²) in [6, 6.07) is 13.5. The van der Waals surface area contributed by atoms with Crippen molar-refractivity contribution in [2.75, 3.05) is 26.2 Å². The van der Waals surface area contributed by atoms with E-state index in [0.29, 0.717) is 25.0 Å². The van der Waals surface area contributed by atoms with Crippen molar-refractivity contribution in [1.82, 2.24) is 9.47 Å². The van der Waals surface area contributed by atoms with Crippen LogP contribution in [0.1, 0.15) is 23.6 Å². The maximum Gasteiger partial charge on any atom is 0.250 e. The van der Waals surface area contributed by atoms with Crippen LogP contribution in [0, 0.1) is 12.8 Å². The van der Waals surface area contributed by atoms with E-state index >= 15 is 0 Å². The number of β-amino-alcohol motifs (C(OH)–C–C–N with tert-alkyl or cyclic N) is 1. The molecule has 0 spiro atoms. The second-order valence-electron chi connectivity index (χ2n) is 7.69. The Morgan fingerprint density at radius 2 is 1.96 bits per heavy atom. The van der Waals surface area contributed by atoms with E-state index in [9.17, 15) is 9.90 Å². The number of nitrogens with zero attached hydrogens (tertiary/aromatic N) is 2. The third-order valence-corrected chi connectivity index (χ3v) is 5.49. The highest BCUT2D eigenvalue weighted by Crippen LogP contribution is 2.34. The molecule has 1 aromatic heterocycles. The van der Waals surface area contributed by atoms with Gasteiger partial charge in [0.2, 0.25) is 0 Å². The zero-order valence-electron chi connectivity index (χ0n) is 15.2. The number of likely N-dealkylation sites (tertiary alicyclic amines) is 1. The highest BCUT2D eigenvalue weighted by atomic mass is 16.5. The van der Waals surface area contributed by atoms with Crippen LogP contribution in [0.25, 0.3) is 0 Å². The van der Waals surface area contributed by atoms with Crippen LogP contribution in [0.5, 0.6) is 5.75 Å². The molecule has 1 N–H and O–H groups in total. The molecule has 0 radical (unpaired) electrons. The lowest BCUT2D eigenvalue weighted by atomic mass is 9.83. The minimum atomic E-state index is -0.520. The Balaban J connectivity index is 1.35. The summed E-state index contributed by atoms with van der Waals surface area (Å²) in [6.45, 7) is 5.55. The van der Waals surface area contributed by atoms with E-state index in [2.05, 4.69) is 11.0 Å². The molecule has 2 bridgehead atoms. The van der Waals surface area contributed by atoms with Crippen LogP contribution in [0.15, 0.2) is 47.3 Å². The van der Waals surface area contributed by atoms with Gasteiger partial charge in [-0.25, -0.2) is 0 Å². The number of aromatic nitrogens is 1. The van der Waals surface area contributed by atoms with E-state index in [0.717, 1.165) is 37.5 Å².